The van der Waals surface area contributed by atoms with E-state index in [9.17, 15) is 9.90 Å². The summed E-state index contributed by atoms with van der Waals surface area (Å²) in [4.78, 5) is 14.2. The maximum absolute atomic E-state index is 12.7. The first kappa shape index (κ1) is 17.4. The van der Waals surface area contributed by atoms with Gasteiger partial charge in [-0.3, -0.25) is 0 Å². The highest BCUT2D eigenvalue weighted by Crippen LogP contribution is 2.31. The molecule has 6 nitrogen and oxygen atoms in total. The number of urea groups is 1. The Hall–Kier alpha value is -2.47. The molecule has 1 aromatic carbocycles. The number of nitrogens with zero attached hydrogens (tertiary/aromatic N) is 1. The zero-order valence-electron chi connectivity index (χ0n) is 14.6. The number of benzene rings is 1. The zero-order valence-corrected chi connectivity index (χ0v) is 14.6. The van der Waals surface area contributed by atoms with E-state index in [-0.39, 0.29) is 18.7 Å². The first-order valence-electron chi connectivity index (χ1n) is 8.48. The van der Waals surface area contributed by atoms with Gasteiger partial charge >= 0.3 is 6.03 Å². The minimum atomic E-state index is -0.418. The predicted octanol–water partition coefficient (Wildman–Crippen LogP) is 3.04. The van der Waals surface area contributed by atoms with Crippen LogP contribution in [-0.4, -0.2) is 36.8 Å². The summed E-state index contributed by atoms with van der Waals surface area (Å²) >= 11 is 0. The summed E-state index contributed by atoms with van der Waals surface area (Å²) in [5.74, 6) is 1.69. The number of aliphatic hydroxyl groups is 1. The molecule has 25 heavy (non-hydrogen) atoms. The molecule has 2 aromatic rings. The van der Waals surface area contributed by atoms with Gasteiger partial charge in [0.25, 0.3) is 0 Å². The Morgan fingerprint density at radius 2 is 2.16 bits per heavy atom. The van der Waals surface area contributed by atoms with Gasteiger partial charge in [-0.05, 0) is 36.6 Å². The highest BCUT2D eigenvalue weighted by Gasteiger charge is 2.27. The third kappa shape index (κ3) is 3.64. The molecule has 1 heterocycles. The Morgan fingerprint density at radius 1 is 1.40 bits per heavy atom. The summed E-state index contributed by atoms with van der Waals surface area (Å²) in [5.41, 5.74) is 1.91. The summed E-state index contributed by atoms with van der Waals surface area (Å²) in [5, 5.41) is 12.8. The van der Waals surface area contributed by atoms with Crippen LogP contribution >= 0.6 is 0 Å². The highest BCUT2D eigenvalue weighted by molar-refractivity contribution is 5.75. The molecule has 2 amide bonds. The summed E-state index contributed by atoms with van der Waals surface area (Å²) < 4.78 is 10.6. The van der Waals surface area contributed by atoms with Crippen molar-refractivity contribution in [3.8, 4) is 5.75 Å². The van der Waals surface area contributed by atoms with Crippen molar-refractivity contribution in [2.45, 2.75) is 31.3 Å². The molecule has 2 unspecified atom stereocenters. The van der Waals surface area contributed by atoms with Crippen LogP contribution in [0, 0.1) is 0 Å². The van der Waals surface area contributed by atoms with E-state index in [0.717, 1.165) is 41.9 Å². The normalized spacial score (nSPS) is 17.5. The minimum absolute atomic E-state index is 0.0485. The lowest BCUT2D eigenvalue weighted by Gasteiger charge is -2.30. The largest absolute Gasteiger partial charge is 0.497 e. The van der Waals surface area contributed by atoms with Gasteiger partial charge in [0, 0.05) is 19.0 Å². The van der Waals surface area contributed by atoms with Crippen LogP contribution in [0.4, 0.5) is 4.79 Å². The molecule has 0 radical (unpaired) electrons. The minimum Gasteiger partial charge on any atom is -0.497 e. The number of likely N-dealkylation sites (N-methyl/N-ethyl adjacent to an activating group) is 1. The van der Waals surface area contributed by atoms with Gasteiger partial charge in [-0.25, -0.2) is 4.79 Å². The van der Waals surface area contributed by atoms with E-state index >= 15 is 0 Å². The summed E-state index contributed by atoms with van der Waals surface area (Å²) in [6.07, 6.45) is 4.46. The maximum atomic E-state index is 12.7. The Kier molecular flexibility index (Phi) is 5.28. The van der Waals surface area contributed by atoms with Crippen LogP contribution in [0.15, 0.2) is 41.0 Å². The third-order valence-corrected chi connectivity index (χ3v) is 4.81. The van der Waals surface area contributed by atoms with Crippen LogP contribution in [0.5, 0.6) is 5.75 Å². The Morgan fingerprint density at radius 3 is 2.84 bits per heavy atom. The number of ether oxygens (including phenoxy) is 1. The van der Waals surface area contributed by atoms with Gasteiger partial charge in [0.15, 0.2) is 0 Å². The molecule has 0 fully saturated rings. The van der Waals surface area contributed by atoms with Crippen molar-refractivity contribution < 1.29 is 19.1 Å². The number of hydrogen-bond donors (Lipinski definition) is 2. The Bertz CT molecular complexity index is 710. The number of rotatable bonds is 5. The molecule has 1 aliphatic rings. The second-order valence-corrected chi connectivity index (χ2v) is 6.28. The average Bonchev–Trinajstić information content (AvgIpc) is 3.12. The van der Waals surface area contributed by atoms with Crippen LogP contribution in [0.2, 0.25) is 0 Å². The lowest BCUT2D eigenvalue weighted by molar-refractivity contribution is 0.146. The number of aliphatic hydroxyl groups excluding tert-OH is 1. The molecular formula is C19H24N2O4. The number of aryl methyl sites for hydroxylation is 1. The topological polar surface area (TPSA) is 74.9 Å². The van der Waals surface area contributed by atoms with Crippen molar-refractivity contribution in [3.05, 3.63) is 53.5 Å². The van der Waals surface area contributed by atoms with Gasteiger partial charge in [-0.1, -0.05) is 12.1 Å². The summed E-state index contributed by atoms with van der Waals surface area (Å²) in [6.45, 7) is -0.155. The van der Waals surface area contributed by atoms with E-state index < -0.39 is 6.04 Å². The smallest absolute Gasteiger partial charge is 0.318 e. The maximum Gasteiger partial charge on any atom is 0.318 e. The number of fused-ring (bicyclic) bond motifs is 1. The fourth-order valence-electron chi connectivity index (χ4n) is 3.31. The Labute approximate surface area is 147 Å². The molecule has 2 N–H and O–H groups in total. The zero-order chi connectivity index (χ0) is 17.8. The number of nitrogens with one attached hydrogen (secondary N) is 1. The second-order valence-electron chi connectivity index (χ2n) is 6.28. The van der Waals surface area contributed by atoms with Crippen molar-refractivity contribution in [3.63, 3.8) is 0 Å². The average molecular weight is 344 g/mol. The Balaban J connectivity index is 1.70. The molecule has 3 rings (SSSR count). The number of carbonyl (C=O) groups is 1. The number of furan rings is 1. The summed E-state index contributed by atoms with van der Waals surface area (Å²) in [7, 11) is 3.30. The first-order chi connectivity index (χ1) is 12.1. The van der Waals surface area contributed by atoms with E-state index in [2.05, 4.69) is 5.32 Å². The van der Waals surface area contributed by atoms with E-state index in [1.807, 2.05) is 30.3 Å². The molecule has 1 aliphatic carbocycles. The second kappa shape index (κ2) is 7.61. The predicted molar refractivity (Wildman–Crippen MR) is 93.5 cm³/mol. The van der Waals surface area contributed by atoms with E-state index in [1.54, 1.807) is 20.4 Å². The van der Waals surface area contributed by atoms with Crippen molar-refractivity contribution in [2.75, 3.05) is 20.8 Å². The van der Waals surface area contributed by atoms with Gasteiger partial charge in [0.2, 0.25) is 0 Å². The number of methoxy groups -OCH3 is 1. The molecule has 0 bridgehead atoms. The van der Waals surface area contributed by atoms with Crippen molar-refractivity contribution in [1.82, 2.24) is 10.2 Å². The third-order valence-electron chi connectivity index (χ3n) is 4.81. The van der Waals surface area contributed by atoms with Crippen LogP contribution in [-0.2, 0) is 6.42 Å². The SMILES string of the molecule is COc1ccc(C(CO)N(C)C(=O)NC2CCCc3occc32)cc1. The lowest BCUT2D eigenvalue weighted by Crippen LogP contribution is -2.43. The van der Waals surface area contributed by atoms with Crippen LogP contribution in [0.25, 0.3) is 0 Å². The van der Waals surface area contributed by atoms with Gasteiger partial charge in [-0.15, -0.1) is 0 Å². The molecule has 6 heteroatoms. The monoisotopic (exact) mass is 344 g/mol. The van der Waals surface area contributed by atoms with Gasteiger partial charge in [0.05, 0.1) is 32.1 Å². The van der Waals surface area contributed by atoms with Crippen LogP contribution in [0.1, 0.15) is 41.8 Å². The lowest BCUT2D eigenvalue weighted by atomic mass is 9.93. The fourth-order valence-corrected chi connectivity index (χ4v) is 3.31. The molecule has 2 atom stereocenters. The molecule has 134 valence electrons. The molecule has 0 saturated heterocycles. The quantitative estimate of drug-likeness (QED) is 0.874. The van der Waals surface area contributed by atoms with Gasteiger partial charge in [-0.2, -0.15) is 0 Å². The standard InChI is InChI=1S/C19H24N2O4/c1-21(17(12-22)13-6-8-14(24-2)9-7-13)19(23)20-16-4-3-5-18-15(16)10-11-25-18/h6-11,16-17,22H,3-5,12H2,1-2H3,(H,20,23). The highest BCUT2D eigenvalue weighted by atomic mass is 16.5. The first-order valence-corrected chi connectivity index (χ1v) is 8.48. The van der Waals surface area contributed by atoms with E-state index in [1.165, 1.54) is 4.90 Å². The van der Waals surface area contributed by atoms with Crippen molar-refractivity contribution in [1.29, 1.82) is 0 Å². The number of carbonyl (C=O) groups excluding carboxylic acids is 1. The van der Waals surface area contributed by atoms with Gasteiger partial charge < -0.3 is 24.5 Å². The summed E-state index contributed by atoms with van der Waals surface area (Å²) in [6, 6.07) is 8.61. The van der Waals surface area contributed by atoms with Gasteiger partial charge in [0.1, 0.15) is 11.5 Å². The molecule has 0 saturated carbocycles. The number of amides is 2. The fraction of sp³-hybridized carbons (Fsp3) is 0.421. The molecule has 1 aromatic heterocycles. The van der Waals surface area contributed by atoms with E-state index in [4.69, 9.17) is 9.15 Å². The van der Waals surface area contributed by atoms with Crippen LogP contribution in [0.3, 0.4) is 0 Å². The van der Waals surface area contributed by atoms with E-state index in [0.29, 0.717) is 0 Å². The number of hydrogen-bond acceptors (Lipinski definition) is 4. The van der Waals surface area contributed by atoms with Crippen molar-refractivity contribution >= 4 is 6.03 Å². The van der Waals surface area contributed by atoms with Crippen LogP contribution < -0.4 is 10.1 Å². The molecule has 0 aliphatic heterocycles. The molecule has 0 spiro atoms. The van der Waals surface area contributed by atoms with Crippen molar-refractivity contribution in [2.24, 2.45) is 0 Å². The molecular weight excluding hydrogens is 320 g/mol.